The molecule has 3 aromatic rings. The maximum atomic E-state index is 13.2. The Bertz CT molecular complexity index is 1120. The van der Waals surface area contributed by atoms with Crippen molar-refractivity contribution in [2.45, 2.75) is 31.4 Å². The molecule has 0 saturated heterocycles. The van der Waals surface area contributed by atoms with Gasteiger partial charge in [-0.1, -0.05) is 6.07 Å². The van der Waals surface area contributed by atoms with Crippen molar-refractivity contribution >= 4 is 11.7 Å². The predicted molar refractivity (Wildman–Crippen MR) is 98.1 cm³/mol. The van der Waals surface area contributed by atoms with E-state index in [9.17, 15) is 31.1 Å². The number of furan rings is 1. The van der Waals surface area contributed by atoms with Gasteiger partial charge >= 0.3 is 12.4 Å². The number of fused-ring (bicyclic) bond motifs is 1. The summed E-state index contributed by atoms with van der Waals surface area (Å²) in [6.07, 6.45) is -8.21. The van der Waals surface area contributed by atoms with Crippen LogP contribution in [0.3, 0.4) is 0 Å². The van der Waals surface area contributed by atoms with Crippen molar-refractivity contribution in [3.63, 3.8) is 0 Å². The van der Waals surface area contributed by atoms with Gasteiger partial charge < -0.3 is 9.15 Å². The number of rotatable bonds is 4. The first-order chi connectivity index (χ1) is 15.0. The van der Waals surface area contributed by atoms with Crippen molar-refractivity contribution < 1.29 is 40.3 Å². The van der Waals surface area contributed by atoms with E-state index in [1.165, 1.54) is 36.5 Å². The first-order valence-corrected chi connectivity index (χ1v) is 9.35. The number of aromatic nitrogens is 2. The maximum Gasteiger partial charge on any atom is 0.416 e. The lowest BCUT2D eigenvalue weighted by Crippen LogP contribution is -2.43. The van der Waals surface area contributed by atoms with Gasteiger partial charge in [-0.25, -0.2) is 4.68 Å². The molecule has 1 aromatic carbocycles. The Balaban J connectivity index is 1.46. The molecule has 0 fully saturated rings. The summed E-state index contributed by atoms with van der Waals surface area (Å²) in [5.41, 5.74) is -0.871. The van der Waals surface area contributed by atoms with Crippen molar-refractivity contribution in [1.82, 2.24) is 9.78 Å². The van der Waals surface area contributed by atoms with Gasteiger partial charge in [-0.15, -0.1) is 0 Å². The summed E-state index contributed by atoms with van der Waals surface area (Å²) in [4.78, 5) is 13.9. The molecule has 0 unspecified atom stereocenters. The number of amides is 1. The highest BCUT2D eigenvalue weighted by atomic mass is 19.4. The van der Waals surface area contributed by atoms with Crippen LogP contribution in [0.2, 0.25) is 0 Å². The summed E-state index contributed by atoms with van der Waals surface area (Å²) >= 11 is 0. The summed E-state index contributed by atoms with van der Waals surface area (Å²) in [6, 6.07) is 6.48. The Morgan fingerprint density at radius 2 is 1.91 bits per heavy atom. The van der Waals surface area contributed by atoms with Crippen molar-refractivity contribution in [3.8, 4) is 5.75 Å². The molecule has 170 valence electrons. The highest BCUT2D eigenvalue weighted by Crippen LogP contribution is 2.39. The second-order valence-corrected chi connectivity index (χ2v) is 7.02. The van der Waals surface area contributed by atoms with Crippen LogP contribution in [0.25, 0.3) is 0 Å². The van der Waals surface area contributed by atoms with Crippen molar-refractivity contribution in [3.05, 3.63) is 65.7 Å². The molecule has 12 heteroatoms. The number of alkyl halides is 6. The monoisotopic (exact) mass is 459 g/mol. The number of nitrogens with zero attached hydrogens (tertiary/aromatic N) is 3. The molecule has 1 aliphatic rings. The molecule has 0 N–H and O–H groups in total. The minimum atomic E-state index is -4.52. The number of benzene rings is 1. The Labute approximate surface area is 177 Å². The number of ether oxygens (including phenoxy) is 1. The number of hydrogen-bond donors (Lipinski definition) is 0. The third kappa shape index (κ3) is 4.30. The van der Waals surface area contributed by atoms with E-state index in [0.717, 1.165) is 21.7 Å². The van der Waals surface area contributed by atoms with E-state index in [2.05, 4.69) is 5.10 Å². The molecular formula is C20H15F6N3O3. The molecule has 0 bridgehead atoms. The SMILES string of the molecule is O=C(c1ccc(COc2cccc(C(F)(F)F)c2)o1)N1CC[C@H](C(F)(F)F)n2nccc21. The third-order valence-corrected chi connectivity index (χ3v) is 4.89. The average molecular weight is 459 g/mol. The van der Waals surface area contributed by atoms with Gasteiger partial charge in [0.25, 0.3) is 5.91 Å². The number of hydrogen-bond acceptors (Lipinski definition) is 4. The van der Waals surface area contributed by atoms with E-state index in [1.54, 1.807) is 0 Å². The van der Waals surface area contributed by atoms with Crippen LogP contribution in [-0.2, 0) is 12.8 Å². The minimum absolute atomic E-state index is 0.0123. The van der Waals surface area contributed by atoms with E-state index >= 15 is 0 Å². The van der Waals surface area contributed by atoms with E-state index < -0.39 is 29.9 Å². The Kier molecular flexibility index (Phi) is 5.39. The molecule has 0 radical (unpaired) electrons. The van der Waals surface area contributed by atoms with Crippen LogP contribution in [0, 0.1) is 0 Å². The zero-order chi connectivity index (χ0) is 23.1. The smallest absolute Gasteiger partial charge is 0.416 e. The highest BCUT2D eigenvalue weighted by Gasteiger charge is 2.46. The van der Waals surface area contributed by atoms with Crippen LogP contribution >= 0.6 is 0 Å². The molecule has 3 heterocycles. The second kappa shape index (κ2) is 7.92. The molecule has 1 atom stereocenters. The summed E-state index contributed by atoms with van der Waals surface area (Å²) in [5.74, 6) is -0.711. The summed E-state index contributed by atoms with van der Waals surface area (Å²) in [7, 11) is 0. The molecule has 0 spiro atoms. The first kappa shape index (κ1) is 21.8. The fourth-order valence-corrected chi connectivity index (χ4v) is 3.38. The Morgan fingerprint density at radius 3 is 2.62 bits per heavy atom. The number of carbonyl (C=O) groups excluding carboxylic acids is 1. The Morgan fingerprint density at radius 1 is 1.12 bits per heavy atom. The standard InChI is InChI=1S/C20H15F6N3O3/c21-19(22,23)12-2-1-3-13(10-12)31-11-14-4-5-15(32-14)18(30)28-9-7-16(20(24,25)26)29-17(28)6-8-27-29/h1-6,8,10,16H,7,9,11H2/t16-/m1/s1. The van der Waals surface area contributed by atoms with Gasteiger partial charge in [0.15, 0.2) is 11.8 Å². The lowest BCUT2D eigenvalue weighted by Gasteiger charge is -2.33. The number of carbonyl (C=O) groups is 1. The fraction of sp³-hybridized carbons (Fsp3) is 0.300. The molecule has 0 aliphatic carbocycles. The van der Waals surface area contributed by atoms with Crippen molar-refractivity contribution in [2.24, 2.45) is 0 Å². The van der Waals surface area contributed by atoms with E-state index in [1.807, 2.05) is 0 Å². The van der Waals surface area contributed by atoms with Crippen LogP contribution in [0.15, 0.2) is 53.1 Å². The predicted octanol–water partition coefficient (Wildman–Crippen LogP) is 5.23. The van der Waals surface area contributed by atoms with E-state index in [0.29, 0.717) is 0 Å². The molecule has 32 heavy (non-hydrogen) atoms. The number of halogens is 6. The van der Waals surface area contributed by atoms with Gasteiger partial charge in [-0.05, 0) is 36.8 Å². The van der Waals surface area contributed by atoms with Crippen LogP contribution < -0.4 is 9.64 Å². The molecule has 1 amide bonds. The molecule has 1 aliphatic heterocycles. The summed E-state index contributed by atoms with van der Waals surface area (Å²) in [6.45, 7) is -0.436. The average Bonchev–Trinajstić information content (AvgIpc) is 3.39. The van der Waals surface area contributed by atoms with E-state index in [4.69, 9.17) is 9.15 Å². The van der Waals surface area contributed by atoms with Gasteiger partial charge in [-0.3, -0.25) is 9.69 Å². The van der Waals surface area contributed by atoms with Gasteiger partial charge in [0.05, 0.1) is 11.8 Å². The topological polar surface area (TPSA) is 60.5 Å². The molecule has 4 rings (SSSR count). The van der Waals surface area contributed by atoms with Gasteiger partial charge in [0.1, 0.15) is 23.9 Å². The maximum absolute atomic E-state index is 13.2. The highest BCUT2D eigenvalue weighted by molar-refractivity contribution is 6.03. The van der Waals surface area contributed by atoms with E-state index in [-0.39, 0.29) is 42.7 Å². The van der Waals surface area contributed by atoms with Gasteiger partial charge in [-0.2, -0.15) is 31.4 Å². The lowest BCUT2D eigenvalue weighted by atomic mass is 10.1. The van der Waals surface area contributed by atoms with Crippen LogP contribution in [0.1, 0.15) is 34.3 Å². The first-order valence-electron chi connectivity index (χ1n) is 9.35. The van der Waals surface area contributed by atoms with Crippen LogP contribution in [0.5, 0.6) is 5.75 Å². The summed E-state index contributed by atoms with van der Waals surface area (Å²) < 4.78 is 89.5. The molecule has 0 saturated carbocycles. The minimum Gasteiger partial charge on any atom is -0.486 e. The zero-order valence-corrected chi connectivity index (χ0v) is 16.2. The molecule has 2 aromatic heterocycles. The fourth-order valence-electron chi connectivity index (χ4n) is 3.38. The Hall–Kier alpha value is -3.44. The van der Waals surface area contributed by atoms with Gasteiger partial charge in [0, 0.05) is 12.6 Å². The third-order valence-electron chi connectivity index (χ3n) is 4.89. The summed E-state index contributed by atoms with van der Waals surface area (Å²) in [5, 5.41) is 3.70. The molecule has 6 nitrogen and oxygen atoms in total. The van der Waals surface area contributed by atoms with Gasteiger partial charge in [0.2, 0.25) is 0 Å². The van der Waals surface area contributed by atoms with Crippen LogP contribution in [0.4, 0.5) is 32.2 Å². The number of anilines is 1. The van der Waals surface area contributed by atoms with Crippen molar-refractivity contribution in [1.29, 1.82) is 0 Å². The zero-order valence-electron chi connectivity index (χ0n) is 16.2. The lowest BCUT2D eigenvalue weighted by molar-refractivity contribution is -0.172. The quantitative estimate of drug-likeness (QED) is 0.502. The van der Waals surface area contributed by atoms with Crippen molar-refractivity contribution in [2.75, 3.05) is 11.4 Å². The molecular weight excluding hydrogens is 444 g/mol. The van der Waals surface area contributed by atoms with Crippen LogP contribution in [-0.4, -0.2) is 28.4 Å². The normalized spacial score (nSPS) is 16.7. The largest absolute Gasteiger partial charge is 0.486 e. The second-order valence-electron chi connectivity index (χ2n) is 7.02.